The van der Waals surface area contributed by atoms with Crippen LogP contribution in [0.25, 0.3) is 12.2 Å². The van der Waals surface area contributed by atoms with Gasteiger partial charge in [0.25, 0.3) is 5.56 Å². The molecule has 0 saturated heterocycles. The quantitative estimate of drug-likeness (QED) is 0.562. The number of ketones is 1. The minimum absolute atomic E-state index is 0.0131. The van der Waals surface area contributed by atoms with Gasteiger partial charge in [-0.1, -0.05) is 62.7 Å². The van der Waals surface area contributed by atoms with Crippen molar-refractivity contribution < 1.29 is 9.59 Å². The molecular weight excluding hydrogens is 456 g/mol. The van der Waals surface area contributed by atoms with Gasteiger partial charge in [0.15, 0.2) is 5.78 Å². The van der Waals surface area contributed by atoms with Gasteiger partial charge < -0.3 is 4.90 Å². The molecule has 0 fully saturated rings. The van der Waals surface area contributed by atoms with Crippen LogP contribution in [0.5, 0.6) is 0 Å². The normalized spacial score (nSPS) is 16.6. The number of carbonyl (C=O) groups excluding carboxylic acids is 2. The number of amides is 1. The molecule has 0 N–H and O–H groups in total. The predicted molar refractivity (Wildman–Crippen MR) is 143 cm³/mol. The summed E-state index contributed by atoms with van der Waals surface area (Å²) < 4.78 is 2.46. The lowest BCUT2D eigenvalue weighted by atomic mass is 9.91. The fraction of sp³-hybridized carbons (Fsp3) is 0.345. The summed E-state index contributed by atoms with van der Waals surface area (Å²) in [5.74, 6) is -0.240. The Morgan fingerprint density at radius 1 is 1.11 bits per heavy atom. The lowest BCUT2D eigenvalue weighted by Crippen LogP contribution is -2.43. The number of nitrogens with zero attached hydrogens (tertiary/aromatic N) is 2. The van der Waals surface area contributed by atoms with Crippen LogP contribution in [-0.2, 0) is 22.6 Å². The summed E-state index contributed by atoms with van der Waals surface area (Å²) in [6.07, 6.45) is 4.16. The topological polar surface area (TPSA) is 59.4 Å². The third kappa shape index (κ3) is 5.08. The first-order chi connectivity index (χ1) is 16.5. The van der Waals surface area contributed by atoms with E-state index in [0.717, 1.165) is 34.4 Å². The van der Waals surface area contributed by atoms with Crippen molar-refractivity contribution in [2.75, 3.05) is 4.90 Å². The van der Waals surface area contributed by atoms with Gasteiger partial charge in [-0.05, 0) is 56.0 Å². The standard InChI is InChI=1S/C29H32N2O3S/c1-18-11-12-21(19(2)13-18)15-24-28(34)30(27(35-24)16-25(32)29(4,5)6)17-26(33)31-20(3)14-22-9-7-8-10-23(22)31/h7-13,15-16,20H,14,17H2,1-6H3/b24-15+,27-16-. The Balaban J connectivity index is 1.82. The number of benzene rings is 2. The maximum absolute atomic E-state index is 13.5. The van der Waals surface area contributed by atoms with Crippen LogP contribution in [0.1, 0.15) is 49.9 Å². The van der Waals surface area contributed by atoms with E-state index in [1.54, 1.807) is 4.90 Å². The van der Waals surface area contributed by atoms with Gasteiger partial charge in [0, 0.05) is 23.2 Å². The molecule has 1 aliphatic heterocycles. The maximum Gasteiger partial charge on any atom is 0.269 e. The number of Topliss-reactive ketones (excluding diaryl/α,β-unsaturated/α-hetero) is 1. The summed E-state index contributed by atoms with van der Waals surface area (Å²) in [5.41, 5.74) is 4.35. The summed E-state index contributed by atoms with van der Waals surface area (Å²) >= 11 is 1.26. The molecule has 4 rings (SSSR count). The van der Waals surface area contributed by atoms with E-state index >= 15 is 0 Å². The molecule has 6 heteroatoms. The van der Waals surface area contributed by atoms with Crippen LogP contribution in [-0.4, -0.2) is 22.3 Å². The molecule has 0 radical (unpaired) electrons. The summed E-state index contributed by atoms with van der Waals surface area (Å²) in [6, 6.07) is 14.0. The van der Waals surface area contributed by atoms with E-state index in [1.807, 2.05) is 84.0 Å². The molecule has 3 aromatic rings. The van der Waals surface area contributed by atoms with Gasteiger partial charge in [-0.25, -0.2) is 0 Å². The van der Waals surface area contributed by atoms with E-state index in [9.17, 15) is 14.4 Å². The van der Waals surface area contributed by atoms with Gasteiger partial charge in [0.2, 0.25) is 5.91 Å². The van der Waals surface area contributed by atoms with E-state index in [-0.39, 0.29) is 29.8 Å². The molecule has 1 aromatic heterocycles. The largest absolute Gasteiger partial charge is 0.307 e. The van der Waals surface area contributed by atoms with Crippen molar-refractivity contribution in [3.05, 3.63) is 84.3 Å². The maximum atomic E-state index is 13.5. The highest BCUT2D eigenvalue weighted by Gasteiger charge is 2.31. The summed E-state index contributed by atoms with van der Waals surface area (Å²) in [5, 5.41) is 0. The van der Waals surface area contributed by atoms with Crippen molar-refractivity contribution in [2.24, 2.45) is 5.41 Å². The van der Waals surface area contributed by atoms with Crippen LogP contribution in [0.3, 0.4) is 0 Å². The third-order valence-corrected chi connectivity index (χ3v) is 7.47. The van der Waals surface area contributed by atoms with Crippen molar-refractivity contribution in [1.82, 2.24) is 4.57 Å². The van der Waals surface area contributed by atoms with Crippen molar-refractivity contribution in [1.29, 1.82) is 0 Å². The molecule has 0 aliphatic carbocycles. The Kier molecular flexibility index (Phi) is 6.69. The molecule has 0 bridgehead atoms. The molecule has 1 atom stereocenters. The number of fused-ring (bicyclic) bond motifs is 1. The Morgan fingerprint density at radius 3 is 2.51 bits per heavy atom. The fourth-order valence-corrected chi connectivity index (χ4v) is 5.44. The average Bonchev–Trinajstić information content (AvgIpc) is 3.25. The van der Waals surface area contributed by atoms with Gasteiger partial charge in [-0.15, -0.1) is 11.3 Å². The Bertz CT molecular complexity index is 1490. The number of hydrogen-bond donors (Lipinski definition) is 0. The predicted octanol–water partition coefficient (Wildman–Crippen LogP) is 3.73. The number of rotatable bonds is 4. The number of aryl methyl sites for hydroxylation is 2. The highest BCUT2D eigenvalue weighted by molar-refractivity contribution is 7.07. The number of aromatic nitrogens is 1. The van der Waals surface area contributed by atoms with Crippen molar-refractivity contribution >= 4 is 40.9 Å². The molecule has 182 valence electrons. The second kappa shape index (κ2) is 9.42. The fourth-order valence-electron chi connectivity index (χ4n) is 4.41. The molecule has 2 aromatic carbocycles. The highest BCUT2D eigenvalue weighted by atomic mass is 32.1. The number of para-hydroxylation sites is 1. The minimum Gasteiger partial charge on any atom is -0.307 e. The van der Waals surface area contributed by atoms with Gasteiger partial charge in [0.05, 0.1) is 4.53 Å². The molecular formula is C29H32N2O3S. The zero-order valence-electron chi connectivity index (χ0n) is 21.2. The Labute approximate surface area is 210 Å². The van der Waals surface area contributed by atoms with Gasteiger partial charge in [-0.2, -0.15) is 0 Å². The second-order valence-corrected chi connectivity index (χ2v) is 11.5. The smallest absolute Gasteiger partial charge is 0.269 e. The SMILES string of the molecule is Cc1ccc(/C=c2/s/c(=C\C(=O)C(C)(C)C)n(CC(=O)N3c4ccccc4CC3C)c2=O)c(C)c1. The molecule has 5 nitrogen and oxygen atoms in total. The average molecular weight is 489 g/mol. The van der Waals surface area contributed by atoms with Crippen molar-refractivity contribution in [2.45, 2.75) is 60.5 Å². The zero-order chi connectivity index (χ0) is 25.5. The first-order valence-electron chi connectivity index (χ1n) is 11.9. The lowest BCUT2D eigenvalue weighted by molar-refractivity contribution is -0.120. The number of hydrogen-bond acceptors (Lipinski definition) is 4. The van der Waals surface area contributed by atoms with Crippen LogP contribution < -0.4 is 19.7 Å². The number of thiazole rings is 1. The molecule has 0 spiro atoms. The number of anilines is 1. The minimum atomic E-state index is -0.589. The van der Waals surface area contributed by atoms with Gasteiger partial charge in [0.1, 0.15) is 11.2 Å². The van der Waals surface area contributed by atoms with E-state index in [1.165, 1.54) is 22.0 Å². The van der Waals surface area contributed by atoms with E-state index < -0.39 is 5.41 Å². The summed E-state index contributed by atoms with van der Waals surface area (Å²) in [7, 11) is 0. The zero-order valence-corrected chi connectivity index (χ0v) is 22.0. The Hall–Kier alpha value is -3.25. The monoisotopic (exact) mass is 488 g/mol. The third-order valence-electron chi connectivity index (χ3n) is 6.41. The molecule has 2 heterocycles. The first kappa shape index (κ1) is 24.9. The van der Waals surface area contributed by atoms with Crippen LogP contribution >= 0.6 is 11.3 Å². The van der Waals surface area contributed by atoms with Crippen LogP contribution in [0.4, 0.5) is 5.69 Å². The van der Waals surface area contributed by atoms with Gasteiger partial charge in [-0.3, -0.25) is 19.0 Å². The van der Waals surface area contributed by atoms with Crippen LogP contribution in [0.2, 0.25) is 0 Å². The van der Waals surface area contributed by atoms with Crippen LogP contribution in [0, 0.1) is 19.3 Å². The second-order valence-electron chi connectivity index (χ2n) is 10.4. The molecule has 1 unspecified atom stereocenters. The Morgan fingerprint density at radius 2 is 1.83 bits per heavy atom. The van der Waals surface area contributed by atoms with Crippen molar-refractivity contribution in [3.63, 3.8) is 0 Å². The molecule has 1 amide bonds. The molecule has 0 saturated carbocycles. The first-order valence-corrected chi connectivity index (χ1v) is 12.7. The van der Waals surface area contributed by atoms with E-state index in [2.05, 4.69) is 6.07 Å². The summed E-state index contributed by atoms with van der Waals surface area (Å²) in [4.78, 5) is 41.6. The molecule has 35 heavy (non-hydrogen) atoms. The van der Waals surface area contributed by atoms with E-state index in [0.29, 0.717) is 9.20 Å². The highest BCUT2D eigenvalue weighted by Crippen LogP contribution is 2.31. The summed E-state index contributed by atoms with van der Waals surface area (Å²) in [6.45, 7) is 11.5. The van der Waals surface area contributed by atoms with Gasteiger partial charge >= 0.3 is 0 Å². The van der Waals surface area contributed by atoms with Crippen LogP contribution in [0.15, 0.2) is 47.3 Å². The molecule has 1 aliphatic rings. The lowest BCUT2D eigenvalue weighted by Gasteiger charge is -2.23. The van der Waals surface area contributed by atoms with E-state index in [4.69, 9.17) is 0 Å². The number of carbonyl (C=O) groups is 2. The van der Waals surface area contributed by atoms with Crippen molar-refractivity contribution in [3.8, 4) is 0 Å².